The lowest BCUT2D eigenvalue weighted by Crippen LogP contribution is -2.28. The molecular formula is C20H18ClN3O6. The van der Waals surface area contributed by atoms with Crippen LogP contribution in [-0.2, 0) is 4.74 Å². The number of carboxylic acids is 1. The molecule has 9 nitrogen and oxygen atoms in total. The number of methoxy groups -OCH3 is 1. The zero-order chi connectivity index (χ0) is 21.3. The second kappa shape index (κ2) is 8.21. The molecule has 0 radical (unpaired) electrons. The topological polar surface area (TPSA) is 116 Å². The maximum atomic E-state index is 12.4. The number of aromatic carboxylic acids is 1. The molecule has 0 spiro atoms. The highest BCUT2D eigenvalue weighted by Gasteiger charge is 2.30. The van der Waals surface area contributed by atoms with Crippen LogP contribution in [0, 0.1) is 0 Å². The van der Waals surface area contributed by atoms with Gasteiger partial charge in [-0.1, -0.05) is 11.6 Å². The Morgan fingerprint density at radius 1 is 1.37 bits per heavy atom. The van der Waals surface area contributed by atoms with Gasteiger partial charge in [0.1, 0.15) is 22.8 Å². The van der Waals surface area contributed by atoms with E-state index < -0.39 is 17.6 Å². The monoisotopic (exact) mass is 431 g/mol. The Morgan fingerprint density at radius 3 is 2.90 bits per heavy atom. The molecule has 1 aliphatic heterocycles. The summed E-state index contributed by atoms with van der Waals surface area (Å²) in [5.41, 5.74) is 0.547. The van der Waals surface area contributed by atoms with Crippen LogP contribution in [0.5, 0.6) is 11.5 Å². The lowest BCUT2D eigenvalue weighted by Gasteiger charge is -2.30. The summed E-state index contributed by atoms with van der Waals surface area (Å²) in [5.74, 6) is -0.443. The van der Waals surface area contributed by atoms with Gasteiger partial charge in [-0.2, -0.15) is 0 Å². The third-order valence-electron chi connectivity index (χ3n) is 4.63. The van der Waals surface area contributed by atoms with Gasteiger partial charge in [0.2, 0.25) is 6.23 Å². The average molecular weight is 432 g/mol. The molecule has 4 rings (SSSR count). The van der Waals surface area contributed by atoms with Gasteiger partial charge in [0, 0.05) is 50.2 Å². The molecule has 2 N–H and O–H groups in total. The summed E-state index contributed by atoms with van der Waals surface area (Å²) >= 11 is 6.39. The van der Waals surface area contributed by atoms with Gasteiger partial charge in [-0.25, -0.2) is 9.78 Å². The first-order valence-corrected chi connectivity index (χ1v) is 9.48. The molecule has 0 bridgehead atoms. The van der Waals surface area contributed by atoms with Gasteiger partial charge in [-0.05, 0) is 6.07 Å². The minimum atomic E-state index is -1.32. The first-order valence-electron chi connectivity index (χ1n) is 9.10. The highest BCUT2D eigenvalue weighted by Crippen LogP contribution is 2.44. The number of rotatable bonds is 7. The molecule has 1 aromatic carbocycles. The number of carboxylic acid groups (broad SMARTS) is 1. The zero-order valence-electron chi connectivity index (χ0n) is 15.9. The summed E-state index contributed by atoms with van der Waals surface area (Å²) in [6.07, 6.45) is 4.29. The van der Waals surface area contributed by atoms with Crippen molar-refractivity contribution in [2.24, 2.45) is 0 Å². The van der Waals surface area contributed by atoms with E-state index in [1.165, 1.54) is 18.6 Å². The Bertz CT molecular complexity index is 1140. The van der Waals surface area contributed by atoms with Gasteiger partial charge in [0.05, 0.1) is 23.7 Å². The van der Waals surface area contributed by atoms with Crippen LogP contribution in [0.3, 0.4) is 0 Å². The quantitative estimate of drug-likeness (QED) is 0.552. The Labute approximate surface area is 175 Å². The van der Waals surface area contributed by atoms with Gasteiger partial charge in [-0.3, -0.25) is 4.79 Å². The number of H-pyrrole nitrogens is 1. The van der Waals surface area contributed by atoms with E-state index in [1.54, 1.807) is 30.0 Å². The molecule has 0 amide bonds. The van der Waals surface area contributed by atoms with Crippen molar-refractivity contribution in [3.8, 4) is 22.8 Å². The number of pyridine rings is 1. The van der Waals surface area contributed by atoms with Crippen LogP contribution < -0.4 is 14.9 Å². The number of carbonyl (C=O) groups is 1. The van der Waals surface area contributed by atoms with E-state index in [0.717, 1.165) is 0 Å². The summed E-state index contributed by atoms with van der Waals surface area (Å²) in [6.45, 7) is 0.968. The molecule has 0 fully saturated rings. The molecular weight excluding hydrogens is 414 g/mol. The van der Waals surface area contributed by atoms with Crippen molar-refractivity contribution in [1.82, 2.24) is 14.5 Å². The van der Waals surface area contributed by atoms with Gasteiger partial charge >= 0.3 is 5.97 Å². The number of benzene rings is 1. The third-order valence-corrected chi connectivity index (χ3v) is 4.93. The van der Waals surface area contributed by atoms with Gasteiger partial charge in [0.15, 0.2) is 5.43 Å². The van der Waals surface area contributed by atoms with Crippen molar-refractivity contribution in [2.75, 3.05) is 20.3 Å². The molecule has 0 aliphatic carbocycles. The molecule has 0 unspecified atom stereocenters. The Balaban J connectivity index is 1.81. The average Bonchev–Trinajstić information content (AvgIpc) is 3.25. The van der Waals surface area contributed by atoms with Crippen molar-refractivity contribution in [2.45, 2.75) is 12.6 Å². The normalized spacial score (nSPS) is 14.5. The molecule has 0 saturated carbocycles. The van der Waals surface area contributed by atoms with Gasteiger partial charge in [0.25, 0.3) is 0 Å². The van der Waals surface area contributed by atoms with Crippen molar-refractivity contribution in [3.05, 3.63) is 63.4 Å². The summed E-state index contributed by atoms with van der Waals surface area (Å²) in [4.78, 5) is 30.9. The van der Waals surface area contributed by atoms with Gasteiger partial charge in [-0.15, -0.1) is 0 Å². The molecule has 2 aromatic heterocycles. The molecule has 10 heteroatoms. The van der Waals surface area contributed by atoms with Crippen molar-refractivity contribution in [3.63, 3.8) is 0 Å². The maximum Gasteiger partial charge on any atom is 0.341 e. The molecule has 156 valence electrons. The third kappa shape index (κ3) is 3.64. The Kier molecular flexibility index (Phi) is 5.47. The minimum absolute atomic E-state index is 0.342. The van der Waals surface area contributed by atoms with E-state index in [1.807, 2.05) is 0 Å². The fourth-order valence-electron chi connectivity index (χ4n) is 3.24. The van der Waals surface area contributed by atoms with Crippen molar-refractivity contribution < 1.29 is 24.1 Å². The summed E-state index contributed by atoms with van der Waals surface area (Å²) in [7, 11) is 1.62. The summed E-state index contributed by atoms with van der Waals surface area (Å²) in [5, 5.41) is 9.70. The highest BCUT2D eigenvalue weighted by atomic mass is 35.5. The number of hydrogen-bond acceptors (Lipinski definition) is 6. The predicted molar refractivity (Wildman–Crippen MR) is 107 cm³/mol. The van der Waals surface area contributed by atoms with E-state index in [0.29, 0.717) is 53.1 Å². The highest BCUT2D eigenvalue weighted by molar-refractivity contribution is 6.32. The molecule has 1 atom stereocenters. The van der Waals surface area contributed by atoms with Crippen LogP contribution in [0.2, 0.25) is 5.02 Å². The molecule has 30 heavy (non-hydrogen) atoms. The van der Waals surface area contributed by atoms with Crippen LogP contribution in [-0.4, -0.2) is 45.9 Å². The second-order valence-electron chi connectivity index (χ2n) is 6.59. The molecule has 3 heterocycles. The molecule has 3 aromatic rings. The van der Waals surface area contributed by atoms with E-state index >= 15 is 0 Å². The number of imidazole rings is 1. The fraction of sp³-hybridized carbons (Fsp3) is 0.250. The van der Waals surface area contributed by atoms with Crippen LogP contribution in [0.1, 0.15) is 28.7 Å². The number of halogens is 1. The van der Waals surface area contributed by atoms with E-state index in [4.69, 9.17) is 25.8 Å². The molecule has 1 aliphatic rings. The van der Waals surface area contributed by atoms with Crippen LogP contribution in [0.15, 0.2) is 41.7 Å². The summed E-state index contributed by atoms with van der Waals surface area (Å²) < 4.78 is 18.4. The van der Waals surface area contributed by atoms with Crippen LogP contribution >= 0.6 is 11.6 Å². The maximum absolute atomic E-state index is 12.4. The molecule has 0 saturated heterocycles. The number of nitrogens with zero attached hydrogens (tertiary/aromatic N) is 2. The first kappa shape index (κ1) is 20.0. The lowest BCUT2D eigenvalue weighted by atomic mass is 10.0. The number of nitrogens with one attached hydrogen (secondary N) is 1. The van der Waals surface area contributed by atoms with E-state index in [-0.39, 0.29) is 5.56 Å². The second-order valence-corrected chi connectivity index (χ2v) is 6.99. The summed E-state index contributed by atoms with van der Waals surface area (Å²) in [6, 6.07) is 4.55. The largest absolute Gasteiger partial charge is 0.492 e. The number of aromatic amines is 1. The van der Waals surface area contributed by atoms with Crippen LogP contribution in [0.4, 0.5) is 0 Å². The number of hydrogen-bond donors (Lipinski definition) is 2. The van der Waals surface area contributed by atoms with E-state index in [2.05, 4.69) is 9.97 Å². The smallest absolute Gasteiger partial charge is 0.341 e. The van der Waals surface area contributed by atoms with E-state index in [9.17, 15) is 14.7 Å². The minimum Gasteiger partial charge on any atom is -0.492 e. The first-order chi connectivity index (χ1) is 14.5. The van der Waals surface area contributed by atoms with Crippen molar-refractivity contribution in [1.29, 1.82) is 0 Å². The lowest BCUT2D eigenvalue weighted by molar-refractivity contribution is 0.0693. The SMILES string of the molecule is COCCCOc1cc2c(cc1Cl)-c1cc(=O)c(C(=O)O)cn1[C@@H](c1c[nH]cn1)O2. The van der Waals surface area contributed by atoms with Crippen LogP contribution in [0.25, 0.3) is 11.3 Å². The Morgan fingerprint density at radius 2 is 2.20 bits per heavy atom. The van der Waals surface area contributed by atoms with Gasteiger partial charge < -0.3 is 28.9 Å². The fourth-order valence-corrected chi connectivity index (χ4v) is 3.45. The van der Waals surface area contributed by atoms with Crippen molar-refractivity contribution >= 4 is 17.6 Å². The Hall–Kier alpha value is -3.30. The number of aromatic nitrogens is 3. The zero-order valence-corrected chi connectivity index (χ0v) is 16.7. The standard InChI is InChI=1S/C20H18ClN3O6/c1-28-3-2-4-29-18-7-17-11(5-13(18)21)15-6-16(25)12(20(26)27)9-24(15)19(30-17)14-8-22-10-23-14/h5-10,19H,2-4H2,1H3,(H,22,23)(H,26,27)/t19-/m1/s1. The number of fused-ring (bicyclic) bond motifs is 3. The number of ether oxygens (including phenoxy) is 3. The predicted octanol–water partition coefficient (Wildman–Crippen LogP) is 2.94.